The molecule has 0 aromatic heterocycles. The third-order valence-corrected chi connectivity index (χ3v) is 3.40. The van der Waals surface area contributed by atoms with Gasteiger partial charge in [0.05, 0.1) is 5.92 Å². The van der Waals surface area contributed by atoms with Crippen molar-refractivity contribution in [3.8, 4) is 0 Å². The number of aliphatic carboxylic acids is 1. The molecule has 0 saturated carbocycles. The molecule has 1 aliphatic heterocycles. The summed E-state index contributed by atoms with van der Waals surface area (Å²) in [6, 6.07) is -0.297. The van der Waals surface area contributed by atoms with Gasteiger partial charge in [-0.15, -0.1) is 0 Å². The number of likely N-dealkylation sites (tertiary alicyclic amines) is 1. The molecule has 16 heavy (non-hydrogen) atoms. The van der Waals surface area contributed by atoms with E-state index in [9.17, 15) is 9.59 Å². The summed E-state index contributed by atoms with van der Waals surface area (Å²) in [7, 11) is 0. The zero-order valence-electron chi connectivity index (χ0n) is 9.85. The van der Waals surface area contributed by atoms with Gasteiger partial charge in [0.15, 0.2) is 0 Å². The van der Waals surface area contributed by atoms with Crippen LogP contribution in [0.5, 0.6) is 0 Å². The summed E-state index contributed by atoms with van der Waals surface area (Å²) in [5, 5.41) is 9.11. The van der Waals surface area contributed by atoms with Crippen molar-refractivity contribution in [3.05, 3.63) is 0 Å². The van der Waals surface area contributed by atoms with Crippen molar-refractivity contribution in [2.75, 3.05) is 6.54 Å². The number of carboxylic acids is 1. The van der Waals surface area contributed by atoms with Crippen LogP contribution < -0.4 is 5.73 Å². The fourth-order valence-electron chi connectivity index (χ4n) is 2.35. The average Bonchev–Trinajstić information content (AvgIpc) is 2.20. The second-order valence-corrected chi connectivity index (χ2v) is 4.48. The van der Waals surface area contributed by atoms with Crippen molar-refractivity contribution in [2.24, 2.45) is 11.7 Å². The fraction of sp³-hybridized carbons (Fsp3) is 0.818. The van der Waals surface area contributed by atoms with Crippen LogP contribution in [0.25, 0.3) is 0 Å². The number of piperidine rings is 1. The van der Waals surface area contributed by atoms with E-state index in [0.29, 0.717) is 13.0 Å². The standard InChI is InChI=1S/C11H20N2O3/c1-3-9(11(15)16)13-6-8(10(12)14)5-4-7(13)2/h7-9H,3-6H2,1-2H3,(H2,12,14)(H,15,16). The Balaban J connectivity index is 2.75. The normalized spacial score (nSPS) is 28.6. The Kier molecular flexibility index (Phi) is 4.29. The highest BCUT2D eigenvalue weighted by Gasteiger charge is 2.35. The van der Waals surface area contributed by atoms with Crippen LogP contribution in [0.2, 0.25) is 0 Å². The highest BCUT2D eigenvalue weighted by Crippen LogP contribution is 2.24. The van der Waals surface area contributed by atoms with Crippen molar-refractivity contribution >= 4 is 11.9 Å². The summed E-state index contributed by atoms with van der Waals surface area (Å²) >= 11 is 0. The van der Waals surface area contributed by atoms with Gasteiger partial charge in [0.25, 0.3) is 0 Å². The highest BCUT2D eigenvalue weighted by molar-refractivity contribution is 5.77. The third kappa shape index (κ3) is 2.72. The van der Waals surface area contributed by atoms with E-state index in [4.69, 9.17) is 10.8 Å². The van der Waals surface area contributed by atoms with E-state index < -0.39 is 12.0 Å². The quantitative estimate of drug-likeness (QED) is 0.731. The zero-order chi connectivity index (χ0) is 12.3. The van der Waals surface area contributed by atoms with Crippen molar-refractivity contribution in [2.45, 2.75) is 45.2 Å². The number of primary amides is 1. The molecule has 0 spiro atoms. The summed E-state index contributed by atoms with van der Waals surface area (Å²) < 4.78 is 0. The maximum atomic E-state index is 11.1. The van der Waals surface area contributed by atoms with Crippen LogP contribution in [0.15, 0.2) is 0 Å². The highest BCUT2D eigenvalue weighted by atomic mass is 16.4. The Labute approximate surface area is 95.6 Å². The summed E-state index contributed by atoms with van der Waals surface area (Å²) in [5.41, 5.74) is 5.28. The molecule has 5 heteroatoms. The van der Waals surface area contributed by atoms with E-state index >= 15 is 0 Å². The van der Waals surface area contributed by atoms with Crippen LogP contribution >= 0.6 is 0 Å². The van der Waals surface area contributed by atoms with Crippen LogP contribution in [0.1, 0.15) is 33.1 Å². The topological polar surface area (TPSA) is 83.6 Å². The lowest BCUT2D eigenvalue weighted by molar-refractivity contribution is -0.146. The van der Waals surface area contributed by atoms with E-state index in [1.165, 1.54) is 0 Å². The fourth-order valence-corrected chi connectivity index (χ4v) is 2.35. The van der Waals surface area contributed by atoms with Gasteiger partial charge in [0, 0.05) is 12.6 Å². The van der Waals surface area contributed by atoms with Crippen molar-refractivity contribution in [1.82, 2.24) is 4.90 Å². The van der Waals surface area contributed by atoms with Crippen molar-refractivity contribution in [3.63, 3.8) is 0 Å². The molecule has 0 bridgehead atoms. The molecule has 3 atom stereocenters. The molecule has 0 aromatic rings. The number of carbonyl (C=O) groups excluding carboxylic acids is 1. The largest absolute Gasteiger partial charge is 0.480 e. The van der Waals surface area contributed by atoms with Gasteiger partial charge < -0.3 is 10.8 Å². The molecular formula is C11H20N2O3. The number of carboxylic acid groups (broad SMARTS) is 1. The number of carbonyl (C=O) groups is 2. The minimum Gasteiger partial charge on any atom is -0.480 e. The second-order valence-electron chi connectivity index (χ2n) is 4.48. The maximum Gasteiger partial charge on any atom is 0.320 e. The Morgan fingerprint density at radius 1 is 1.50 bits per heavy atom. The van der Waals surface area contributed by atoms with Gasteiger partial charge in [-0.05, 0) is 26.2 Å². The first-order chi connectivity index (χ1) is 7.47. The van der Waals surface area contributed by atoms with E-state index in [1.54, 1.807) is 0 Å². The van der Waals surface area contributed by atoms with Crippen LogP contribution in [0.3, 0.4) is 0 Å². The molecule has 3 unspecified atom stereocenters. The average molecular weight is 228 g/mol. The Morgan fingerprint density at radius 2 is 2.12 bits per heavy atom. The number of nitrogens with two attached hydrogens (primary N) is 1. The molecule has 1 fully saturated rings. The Bertz CT molecular complexity index is 280. The first kappa shape index (κ1) is 13.0. The predicted octanol–water partition coefficient (Wildman–Crippen LogP) is 0.435. The molecule has 5 nitrogen and oxygen atoms in total. The minimum absolute atomic E-state index is 0.204. The molecule has 1 rings (SSSR count). The first-order valence-corrected chi connectivity index (χ1v) is 5.75. The molecule has 1 amide bonds. The van der Waals surface area contributed by atoms with Crippen molar-refractivity contribution < 1.29 is 14.7 Å². The van der Waals surface area contributed by atoms with Gasteiger partial charge in [-0.2, -0.15) is 0 Å². The molecule has 1 heterocycles. The number of hydrogen-bond acceptors (Lipinski definition) is 3. The molecule has 3 N–H and O–H groups in total. The number of rotatable bonds is 4. The number of amides is 1. The molecule has 0 aromatic carbocycles. The smallest absolute Gasteiger partial charge is 0.320 e. The molecular weight excluding hydrogens is 208 g/mol. The maximum absolute atomic E-state index is 11.1. The third-order valence-electron chi connectivity index (χ3n) is 3.40. The number of nitrogens with zero attached hydrogens (tertiary/aromatic N) is 1. The van der Waals surface area contributed by atoms with Gasteiger partial charge in [0.2, 0.25) is 5.91 Å². The SMILES string of the molecule is CCC(C(=O)O)N1CC(C(N)=O)CCC1C. The first-order valence-electron chi connectivity index (χ1n) is 5.75. The van der Waals surface area contributed by atoms with Crippen LogP contribution in [-0.4, -0.2) is 40.5 Å². The zero-order valence-corrected chi connectivity index (χ0v) is 9.85. The van der Waals surface area contributed by atoms with E-state index in [-0.39, 0.29) is 17.9 Å². The van der Waals surface area contributed by atoms with Gasteiger partial charge >= 0.3 is 5.97 Å². The van der Waals surface area contributed by atoms with Gasteiger partial charge in [-0.25, -0.2) is 0 Å². The summed E-state index contributed by atoms with van der Waals surface area (Å²) in [5.74, 6) is -1.35. The minimum atomic E-state index is -0.820. The lowest BCUT2D eigenvalue weighted by atomic mass is 9.91. The van der Waals surface area contributed by atoms with E-state index in [0.717, 1.165) is 12.8 Å². The Morgan fingerprint density at radius 3 is 2.56 bits per heavy atom. The van der Waals surface area contributed by atoms with E-state index in [1.807, 2.05) is 18.7 Å². The molecule has 0 radical (unpaired) electrons. The molecule has 1 aliphatic rings. The van der Waals surface area contributed by atoms with Gasteiger partial charge in [-0.3, -0.25) is 14.5 Å². The lowest BCUT2D eigenvalue weighted by Crippen LogP contribution is -2.52. The monoisotopic (exact) mass is 228 g/mol. The van der Waals surface area contributed by atoms with Crippen LogP contribution in [-0.2, 0) is 9.59 Å². The summed E-state index contributed by atoms with van der Waals surface area (Å²) in [6.07, 6.45) is 2.14. The van der Waals surface area contributed by atoms with Crippen LogP contribution in [0, 0.1) is 5.92 Å². The second kappa shape index (κ2) is 5.30. The lowest BCUT2D eigenvalue weighted by Gasteiger charge is -2.40. The van der Waals surface area contributed by atoms with Gasteiger partial charge in [0.1, 0.15) is 6.04 Å². The van der Waals surface area contributed by atoms with Crippen LogP contribution in [0.4, 0.5) is 0 Å². The van der Waals surface area contributed by atoms with Gasteiger partial charge in [-0.1, -0.05) is 6.92 Å². The Hall–Kier alpha value is -1.10. The molecule has 0 aliphatic carbocycles. The van der Waals surface area contributed by atoms with E-state index in [2.05, 4.69) is 0 Å². The molecule has 92 valence electrons. The number of hydrogen-bond donors (Lipinski definition) is 2. The molecule has 1 saturated heterocycles. The summed E-state index contributed by atoms with van der Waals surface area (Å²) in [4.78, 5) is 24.1. The van der Waals surface area contributed by atoms with Crippen molar-refractivity contribution in [1.29, 1.82) is 0 Å². The predicted molar refractivity (Wildman–Crippen MR) is 59.8 cm³/mol. The summed E-state index contributed by atoms with van der Waals surface area (Å²) in [6.45, 7) is 4.32.